The van der Waals surface area contributed by atoms with Gasteiger partial charge in [0.05, 0.1) is 79.3 Å². The molecule has 0 spiro atoms. The maximum absolute atomic E-state index is 12.9. The van der Waals surface area contributed by atoms with Gasteiger partial charge in [-0.15, -0.1) is 0 Å². The summed E-state index contributed by atoms with van der Waals surface area (Å²) < 4.78 is 37.6. The first-order valence-corrected chi connectivity index (χ1v) is 21.1. The molecule has 0 aromatic heterocycles. The van der Waals surface area contributed by atoms with E-state index in [0.717, 1.165) is 51.4 Å². The molecule has 20 nitrogen and oxygen atoms in total. The van der Waals surface area contributed by atoms with Crippen LogP contribution >= 0.6 is 0 Å². The minimum absolute atomic E-state index is 0.0939. The van der Waals surface area contributed by atoms with Crippen molar-refractivity contribution in [3.63, 3.8) is 0 Å². The predicted molar refractivity (Wildman–Crippen MR) is 221 cm³/mol. The van der Waals surface area contributed by atoms with Gasteiger partial charge in [-0.25, -0.2) is 0 Å². The molecule has 340 valence electrons. The zero-order valence-electron chi connectivity index (χ0n) is 36.0. The van der Waals surface area contributed by atoms with Crippen LogP contribution in [-0.4, -0.2) is 141 Å². The minimum Gasteiger partial charge on any atom is -0.460 e. The quantitative estimate of drug-likeness (QED) is 0.0236. The number of carbonyl (C=O) groups excluding carboxylic acids is 4. The van der Waals surface area contributed by atoms with Crippen LogP contribution in [0.15, 0.2) is 10.2 Å². The lowest BCUT2D eigenvalue weighted by atomic mass is 10.0. The van der Waals surface area contributed by atoms with Crippen molar-refractivity contribution in [2.24, 2.45) is 10.2 Å². The number of amides is 3. The highest BCUT2D eigenvalue weighted by Gasteiger charge is 2.17. The van der Waals surface area contributed by atoms with Crippen LogP contribution in [0.2, 0.25) is 0 Å². The van der Waals surface area contributed by atoms with Crippen LogP contribution in [0.4, 0.5) is 0 Å². The second kappa shape index (κ2) is 41.0. The first-order chi connectivity index (χ1) is 28.6. The summed E-state index contributed by atoms with van der Waals surface area (Å²) in [6, 6.07) is -0.340. The SMILES string of the molecule is CC(C)(C)OC(=O)CCCCCCCCCCC(=O)NC(CCC(=O)NCCOCCOCCOCCN=[N+]=[N-])CCC(=O)NCCOCCOCCOCCN=[N+]=[N-]. The summed E-state index contributed by atoms with van der Waals surface area (Å²) in [5, 5.41) is 15.5. The Labute approximate surface area is 350 Å². The Morgan fingerprint density at radius 3 is 1.29 bits per heavy atom. The maximum Gasteiger partial charge on any atom is 0.306 e. The molecule has 0 aliphatic heterocycles. The van der Waals surface area contributed by atoms with Crippen molar-refractivity contribution in [2.45, 2.75) is 122 Å². The van der Waals surface area contributed by atoms with Crippen molar-refractivity contribution in [3.05, 3.63) is 20.9 Å². The van der Waals surface area contributed by atoms with Gasteiger partial charge in [-0.05, 0) is 57.5 Å². The number of rotatable bonds is 42. The summed E-state index contributed by atoms with van der Waals surface area (Å²) in [5.74, 6) is -0.583. The normalized spacial score (nSPS) is 11.6. The van der Waals surface area contributed by atoms with Gasteiger partial charge in [-0.3, -0.25) is 19.2 Å². The lowest BCUT2D eigenvalue weighted by Gasteiger charge is -2.19. The molecule has 0 aromatic rings. The third kappa shape index (κ3) is 43.7. The van der Waals surface area contributed by atoms with Gasteiger partial charge in [0.15, 0.2) is 0 Å². The van der Waals surface area contributed by atoms with Gasteiger partial charge in [-0.2, -0.15) is 0 Å². The third-order valence-corrected chi connectivity index (χ3v) is 8.18. The molecular formula is C39H73N9O11. The topological polar surface area (TPSA) is 266 Å². The van der Waals surface area contributed by atoms with Crippen molar-refractivity contribution in [1.29, 1.82) is 0 Å². The zero-order chi connectivity index (χ0) is 43.5. The lowest BCUT2D eigenvalue weighted by Crippen LogP contribution is -2.38. The van der Waals surface area contributed by atoms with E-state index in [1.54, 1.807) is 0 Å². The van der Waals surface area contributed by atoms with Crippen LogP contribution in [0.5, 0.6) is 0 Å². The summed E-state index contributed by atoms with van der Waals surface area (Å²) in [4.78, 5) is 55.1. The summed E-state index contributed by atoms with van der Waals surface area (Å²) in [7, 11) is 0. The Kier molecular flexibility index (Phi) is 38.4. The van der Waals surface area contributed by atoms with E-state index in [0.29, 0.717) is 118 Å². The molecule has 0 saturated carbocycles. The predicted octanol–water partition coefficient (Wildman–Crippen LogP) is 5.23. The fraction of sp³-hybridized carbons (Fsp3) is 0.897. The van der Waals surface area contributed by atoms with Crippen LogP contribution in [-0.2, 0) is 52.3 Å². The molecule has 0 fully saturated rings. The molecule has 0 aliphatic carbocycles. The summed E-state index contributed by atoms with van der Waals surface area (Å²) >= 11 is 0. The van der Waals surface area contributed by atoms with E-state index in [9.17, 15) is 19.2 Å². The number of hydrogen-bond acceptors (Lipinski definition) is 13. The molecule has 0 aromatic carbocycles. The fourth-order valence-electron chi connectivity index (χ4n) is 5.29. The molecule has 0 radical (unpaired) electrons. The number of azide groups is 2. The highest BCUT2D eigenvalue weighted by atomic mass is 16.6. The lowest BCUT2D eigenvalue weighted by molar-refractivity contribution is -0.155. The van der Waals surface area contributed by atoms with Crippen LogP contribution in [0, 0.1) is 0 Å². The standard InChI is InChI=1S/C39H73N9O11/c1-39(2,3)59-38(52)13-11-9-7-5-4-6-8-10-12-37(51)46-34(14-16-35(49)42-18-22-53-26-30-57-32-28-55-24-20-44-47-40)15-17-36(50)43-19-23-54-27-31-58-33-29-56-25-21-45-48-41/h34H,4-33H2,1-3H3,(H,42,49)(H,43,50)(H,46,51). The zero-order valence-corrected chi connectivity index (χ0v) is 36.0. The molecule has 0 rings (SSSR count). The summed E-state index contributed by atoms with van der Waals surface area (Å²) in [6.45, 7) is 11.2. The molecule has 0 atom stereocenters. The monoisotopic (exact) mass is 844 g/mol. The highest BCUT2D eigenvalue weighted by molar-refractivity contribution is 5.78. The van der Waals surface area contributed by atoms with E-state index in [1.165, 1.54) is 0 Å². The summed E-state index contributed by atoms with van der Waals surface area (Å²) in [5.41, 5.74) is 16.0. The van der Waals surface area contributed by atoms with E-state index in [1.807, 2.05) is 20.8 Å². The molecule has 0 aliphatic rings. The number of nitrogens with zero attached hydrogens (tertiary/aromatic N) is 6. The van der Waals surface area contributed by atoms with E-state index < -0.39 is 5.60 Å². The van der Waals surface area contributed by atoms with Gasteiger partial charge in [-0.1, -0.05) is 48.8 Å². The first-order valence-electron chi connectivity index (χ1n) is 21.1. The second-order valence-corrected chi connectivity index (χ2v) is 14.5. The van der Waals surface area contributed by atoms with Gasteiger partial charge in [0, 0.05) is 67.7 Å². The highest BCUT2D eigenvalue weighted by Crippen LogP contribution is 2.14. The van der Waals surface area contributed by atoms with Crippen molar-refractivity contribution in [2.75, 3.05) is 105 Å². The van der Waals surface area contributed by atoms with Crippen molar-refractivity contribution < 1.29 is 52.3 Å². The molecule has 0 saturated heterocycles. The Balaban J connectivity index is 4.40. The Morgan fingerprint density at radius 2 is 0.881 bits per heavy atom. The van der Waals surface area contributed by atoms with Gasteiger partial charge in [0.25, 0.3) is 0 Å². The van der Waals surface area contributed by atoms with E-state index in [4.69, 9.17) is 44.2 Å². The van der Waals surface area contributed by atoms with Gasteiger partial charge < -0.3 is 49.1 Å². The third-order valence-electron chi connectivity index (χ3n) is 8.18. The van der Waals surface area contributed by atoms with Crippen molar-refractivity contribution in [3.8, 4) is 0 Å². The maximum atomic E-state index is 12.9. The number of ether oxygens (including phenoxy) is 7. The van der Waals surface area contributed by atoms with E-state index in [2.05, 4.69) is 36.0 Å². The molecule has 0 unspecified atom stereocenters. The number of hydrogen-bond donors (Lipinski definition) is 3. The van der Waals surface area contributed by atoms with Crippen molar-refractivity contribution >= 4 is 23.7 Å². The Morgan fingerprint density at radius 1 is 0.508 bits per heavy atom. The molecule has 3 N–H and O–H groups in total. The van der Waals surface area contributed by atoms with Crippen LogP contribution in [0.25, 0.3) is 20.9 Å². The van der Waals surface area contributed by atoms with Gasteiger partial charge in [0.1, 0.15) is 5.60 Å². The van der Waals surface area contributed by atoms with Gasteiger partial charge in [0.2, 0.25) is 17.7 Å². The average Bonchev–Trinajstić information content (AvgIpc) is 3.19. The molecule has 0 heterocycles. The number of esters is 1. The smallest absolute Gasteiger partial charge is 0.306 e. The molecule has 0 bridgehead atoms. The van der Waals surface area contributed by atoms with E-state index in [-0.39, 0.29) is 55.7 Å². The molecule has 3 amide bonds. The summed E-state index contributed by atoms with van der Waals surface area (Å²) in [6.07, 6.45) is 9.76. The molecule has 59 heavy (non-hydrogen) atoms. The van der Waals surface area contributed by atoms with Crippen LogP contribution < -0.4 is 16.0 Å². The van der Waals surface area contributed by atoms with Crippen LogP contribution in [0.3, 0.4) is 0 Å². The number of unbranched alkanes of at least 4 members (excludes halogenated alkanes) is 7. The van der Waals surface area contributed by atoms with Crippen LogP contribution in [0.1, 0.15) is 111 Å². The van der Waals surface area contributed by atoms with Gasteiger partial charge >= 0.3 is 5.97 Å². The second-order valence-electron chi connectivity index (χ2n) is 14.5. The molecule has 20 heteroatoms. The molecular weight excluding hydrogens is 770 g/mol. The number of carbonyl (C=O) groups is 4. The van der Waals surface area contributed by atoms with Crippen molar-refractivity contribution in [1.82, 2.24) is 16.0 Å². The Bertz CT molecular complexity index is 1120. The largest absolute Gasteiger partial charge is 0.460 e. The first kappa shape index (κ1) is 55.3. The van der Waals surface area contributed by atoms with E-state index >= 15 is 0 Å². The number of nitrogens with one attached hydrogen (secondary N) is 3. The fourth-order valence-corrected chi connectivity index (χ4v) is 5.29. The average molecular weight is 844 g/mol. The minimum atomic E-state index is -0.449. The Hall–Kier alpha value is -3.74.